The van der Waals surface area contributed by atoms with Crippen LogP contribution in [-0.2, 0) is 9.16 Å². The van der Waals surface area contributed by atoms with Crippen LogP contribution in [0.4, 0.5) is 0 Å². The van der Waals surface area contributed by atoms with Gasteiger partial charge in [-0.15, -0.1) is 0 Å². The van der Waals surface area contributed by atoms with Crippen molar-refractivity contribution < 1.29 is 9.16 Å². The number of rotatable bonds is 6. The van der Waals surface area contributed by atoms with Crippen LogP contribution >= 0.6 is 0 Å². The monoisotopic (exact) mass is 256 g/mol. The summed E-state index contributed by atoms with van der Waals surface area (Å²) >= 11 is 0. The van der Waals surface area contributed by atoms with Gasteiger partial charge in [-0.05, 0) is 51.7 Å². The highest BCUT2D eigenvalue weighted by Gasteiger charge is 2.22. The van der Waals surface area contributed by atoms with Crippen LogP contribution in [0.3, 0.4) is 0 Å². The molecule has 3 heteroatoms. The molecule has 0 spiro atoms. The summed E-state index contributed by atoms with van der Waals surface area (Å²) in [6.07, 6.45) is 8.59. The van der Waals surface area contributed by atoms with Gasteiger partial charge in [0.25, 0.3) is 5.95 Å². The predicted molar refractivity (Wildman–Crippen MR) is 75.4 cm³/mol. The fraction of sp³-hybridized carbons (Fsp3) is 0.857. The molecule has 1 fully saturated rings. The molecule has 0 heterocycles. The third kappa shape index (κ3) is 6.15. The lowest BCUT2D eigenvalue weighted by Gasteiger charge is -2.26. The minimum Gasteiger partial charge on any atom is -0.520 e. The minimum atomic E-state index is -1.55. The summed E-state index contributed by atoms with van der Waals surface area (Å²) < 4.78 is 12.0. The summed E-state index contributed by atoms with van der Waals surface area (Å²) in [5.74, 6) is 0.886. The van der Waals surface area contributed by atoms with Gasteiger partial charge in [0.1, 0.15) is 0 Å². The lowest BCUT2D eigenvalue weighted by Crippen LogP contribution is -2.26. The predicted octanol–water partition coefficient (Wildman–Crippen LogP) is 4.83. The van der Waals surface area contributed by atoms with Crippen molar-refractivity contribution in [3.8, 4) is 0 Å². The summed E-state index contributed by atoms with van der Waals surface area (Å²) in [6.45, 7) is 9.66. The number of hydrogen-bond donors (Lipinski definition) is 0. The van der Waals surface area contributed by atoms with Gasteiger partial charge < -0.3 is 9.16 Å². The number of ether oxygens (including phenoxy) is 1. The van der Waals surface area contributed by atoms with Crippen molar-refractivity contribution in [1.82, 2.24) is 0 Å². The van der Waals surface area contributed by atoms with Crippen LogP contribution in [0.2, 0.25) is 19.6 Å². The van der Waals surface area contributed by atoms with Gasteiger partial charge in [0, 0.05) is 5.57 Å². The van der Waals surface area contributed by atoms with Crippen molar-refractivity contribution in [2.75, 3.05) is 6.61 Å². The van der Waals surface area contributed by atoms with Gasteiger partial charge in [0.15, 0.2) is 0 Å². The Kier molecular flexibility index (Phi) is 6.10. The molecule has 100 valence electrons. The quantitative estimate of drug-likeness (QED) is 0.385. The largest absolute Gasteiger partial charge is 0.520 e. The first-order valence-corrected chi connectivity index (χ1v) is 10.5. The van der Waals surface area contributed by atoms with Crippen molar-refractivity contribution in [2.45, 2.75) is 71.5 Å². The second-order valence-corrected chi connectivity index (χ2v) is 10.3. The van der Waals surface area contributed by atoms with Crippen LogP contribution in [0, 0.1) is 0 Å². The molecule has 0 unspecified atom stereocenters. The zero-order valence-corrected chi connectivity index (χ0v) is 13.0. The van der Waals surface area contributed by atoms with Crippen LogP contribution in [0.5, 0.6) is 0 Å². The highest BCUT2D eigenvalue weighted by atomic mass is 28.4. The van der Waals surface area contributed by atoms with E-state index in [4.69, 9.17) is 9.16 Å². The number of unbranched alkanes of at least 4 members (excludes halogenated alkanes) is 1. The maximum Gasteiger partial charge on any atom is 0.264 e. The topological polar surface area (TPSA) is 18.5 Å². The van der Waals surface area contributed by atoms with Crippen LogP contribution in [-0.4, -0.2) is 14.9 Å². The molecule has 1 saturated carbocycles. The fourth-order valence-corrected chi connectivity index (χ4v) is 2.73. The van der Waals surface area contributed by atoms with Crippen molar-refractivity contribution in [1.29, 1.82) is 0 Å². The Hall–Kier alpha value is -0.443. The van der Waals surface area contributed by atoms with Gasteiger partial charge in [-0.2, -0.15) is 0 Å². The third-order valence-corrected chi connectivity index (χ3v) is 3.67. The molecule has 0 radical (unpaired) electrons. The normalized spacial score (nSPS) is 16.8. The Morgan fingerprint density at radius 2 is 1.76 bits per heavy atom. The van der Waals surface area contributed by atoms with E-state index in [1.807, 2.05) is 0 Å². The summed E-state index contributed by atoms with van der Waals surface area (Å²) in [7, 11) is -1.55. The van der Waals surface area contributed by atoms with E-state index in [1.165, 1.54) is 44.1 Å². The van der Waals surface area contributed by atoms with E-state index in [2.05, 4.69) is 26.6 Å². The van der Waals surface area contributed by atoms with E-state index >= 15 is 0 Å². The summed E-state index contributed by atoms with van der Waals surface area (Å²) in [5.41, 5.74) is 1.43. The lowest BCUT2D eigenvalue weighted by molar-refractivity contribution is 0.0934. The maximum absolute atomic E-state index is 6.12. The SMILES string of the molecule is CCCCOC(O[Si](C)(C)C)=C1CCCCC1. The minimum absolute atomic E-state index is 0.805. The first-order valence-electron chi connectivity index (χ1n) is 7.07. The molecule has 0 aromatic carbocycles. The molecule has 2 nitrogen and oxygen atoms in total. The molecule has 17 heavy (non-hydrogen) atoms. The molecule has 0 aromatic rings. The van der Waals surface area contributed by atoms with Gasteiger partial charge in [0.05, 0.1) is 6.61 Å². The number of allylic oxidation sites excluding steroid dienone is 1. The Bertz CT molecular complexity index is 245. The van der Waals surface area contributed by atoms with Crippen molar-refractivity contribution in [2.24, 2.45) is 0 Å². The summed E-state index contributed by atoms with van der Waals surface area (Å²) in [4.78, 5) is 0. The molecular weight excluding hydrogens is 228 g/mol. The summed E-state index contributed by atoms with van der Waals surface area (Å²) in [6, 6.07) is 0. The maximum atomic E-state index is 6.12. The van der Waals surface area contributed by atoms with Gasteiger partial charge in [-0.1, -0.05) is 19.8 Å². The highest BCUT2D eigenvalue weighted by Crippen LogP contribution is 2.28. The van der Waals surface area contributed by atoms with E-state index in [0.29, 0.717) is 0 Å². The second-order valence-electron chi connectivity index (χ2n) is 5.87. The standard InChI is InChI=1S/C14H28O2Si/c1-5-6-12-15-14(16-17(2,3)4)13-10-8-7-9-11-13/h5-12H2,1-4H3. The molecule has 0 bridgehead atoms. The number of hydrogen-bond acceptors (Lipinski definition) is 2. The molecule has 0 N–H and O–H groups in total. The Morgan fingerprint density at radius 3 is 2.29 bits per heavy atom. The Labute approximate surface area is 108 Å². The van der Waals surface area contributed by atoms with Gasteiger partial charge in [-0.25, -0.2) is 0 Å². The summed E-state index contributed by atoms with van der Waals surface area (Å²) in [5, 5.41) is 0. The van der Waals surface area contributed by atoms with E-state index in [1.54, 1.807) is 0 Å². The zero-order chi connectivity index (χ0) is 12.7. The zero-order valence-electron chi connectivity index (χ0n) is 12.0. The first-order chi connectivity index (χ1) is 8.03. The molecule has 1 rings (SSSR count). The second kappa shape index (κ2) is 7.09. The Balaban J connectivity index is 2.62. The molecule has 0 aliphatic heterocycles. The molecule has 0 saturated heterocycles. The van der Waals surface area contributed by atoms with Crippen molar-refractivity contribution in [3.05, 3.63) is 11.5 Å². The smallest absolute Gasteiger partial charge is 0.264 e. The molecule has 1 aliphatic rings. The van der Waals surface area contributed by atoms with Gasteiger partial charge in [-0.3, -0.25) is 0 Å². The highest BCUT2D eigenvalue weighted by molar-refractivity contribution is 6.70. The van der Waals surface area contributed by atoms with Gasteiger partial charge >= 0.3 is 0 Å². The van der Waals surface area contributed by atoms with Crippen LogP contribution < -0.4 is 0 Å². The average molecular weight is 256 g/mol. The van der Waals surface area contributed by atoms with Crippen LogP contribution in [0.15, 0.2) is 11.5 Å². The van der Waals surface area contributed by atoms with E-state index in [9.17, 15) is 0 Å². The van der Waals surface area contributed by atoms with Gasteiger partial charge in [0.2, 0.25) is 8.32 Å². The molecular formula is C14H28O2Si. The third-order valence-electron chi connectivity index (χ3n) is 2.88. The molecule has 0 amide bonds. The first kappa shape index (κ1) is 14.6. The molecule has 0 atom stereocenters. The van der Waals surface area contributed by atoms with E-state index in [-0.39, 0.29) is 0 Å². The van der Waals surface area contributed by atoms with E-state index < -0.39 is 8.32 Å². The van der Waals surface area contributed by atoms with Crippen LogP contribution in [0.25, 0.3) is 0 Å². The van der Waals surface area contributed by atoms with Crippen LogP contribution in [0.1, 0.15) is 51.9 Å². The van der Waals surface area contributed by atoms with Crippen molar-refractivity contribution in [3.63, 3.8) is 0 Å². The van der Waals surface area contributed by atoms with E-state index in [0.717, 1.165) is 19.0 Å². The Morgan fingerprint density at radius 1 is 1.12 bits per heavy atom. The van der Waals surface area contributed by atoms with Crippen molar-refractivity contribution >= 4 is 8.32 Å². The molecule has 0 aromatic heterocycles. The fourth-order valence-electron chi connectivity index (χ4n) is 1.97. The lowest BCUT2D eigenvalue weighted by atomic mass is 9.96. The average Bonchev–Trinajstić information content (AvgIpc) is 2.28. The molecule has 1 aliphatic carbocycles.